The SMILES string of the molecule is CCOC(=O)C1=C(CN2CC(F)CCC2/C=C/C=O)NC(c2nccs2)=NC1.CO.Fc1cccc(Cl)c1. The van der Waals surface area contributed by atoms with Crippen LogP contribution in [0.4, 0.5) is 8.78 Å². The maximum Gasteiger partial charge on any atom is 0.337 e. The summed E-state index contributed by atoms with van der Waals surface area (Å²) in [6.45, 7) is 2.75. The van der Waals surface area contributed by atoms with Crippen molar-refractivity contribution in [3.63, 3.8) is 0 Å². The van der Waals surface area contributed by atoms with Gasteiger partial charge >= 0.3 is 5.97 Å². The van der Waals surface area contributed by atoms with Crippen molar-refractivity contribution >= 4 is 41.0 Å². The van der Waals surface area contributed by atoms with Crippen molar-refractivity contribution < 1.29 is 28.2 Å². The van der Waals surface area contributed by atoms with Crippen LogP contribution in [-0.4, -0.2) is 78.6 Å². The van der Waals surface area contributed by atoms with Crippen molar-refractivity contribution in [1.82, 2.24) is 15.2 Å². The van der Waals surface area contributed by atoms with Crippen molar-refractivity contribution in [2.75, 3.05) is 33.4 Å². The lowest BCUT2D eigenvalue weighted by molar-refractivity contribution is -0.138. The zero-order valence-corrected chi connectivity index (χ0v) is 22.7. The lowest BCUT2D eigenvalue weighted by atomic mass is 9.99. The van der Waals surface area contributed by atoms with Crippen LogP contribution in [-0.2, 0) is 14.3 Å². The van der Waals surface area contributed by atoms with Crippen molar-refractivity contribution in [2.45, 2.75) is 32.0 Å². The molecule has 0 radical (unpaired) electrons. The summed E-state index contributed by atoms with van der Waals surface area (Å²) in [7, 11) is 1.00. The van der Waals surface area contributed by atoms with Gasteiger partial charge in [-0.05, 0) is 44.0 Å². The average Bonchev–Trinajstić information content (AvgIpc) is 3.45. The minimum atomic E-state index is -0.941. The molecular weight excluding hydrogens is 538 g/mol. The highest BCUT2D eigenvalue weighted by molar-refractivity contribution is 7.11. The zero-order chi connectivity index (χ0) is 27.9. The molecule has 38 heavy (non-hydrogen) atoms. The van der Waals surface area contributed by atoms with E-state index in [1.54, 1.807) is 31.3 Å². The summed E-state index contributed by atoms with van der Waals surface area (Å²) >= 11 is 6.85. The number of hydrogen-bond donors (Lipinski definition) is 2. The fraction of sp³-hybridized carbons (Fsp3) is 0.385. The van der Waals surface area contributed by atoms with Gasteiger partial charge < -0.3 is 15.2 Å². The molecule has 0 aliphatic carbocycles. The van der Waals surface area contributed by atoms with Gasteiger partial charge in [0, 0.05) is 48.5 Å². The van der Waals surface area contributed by atoms with E-state index in [4.69, 9.17) is 21.4 Å². The number of piperidine rings is 1. The van der Waals surface area contributed by atoms with Gasteiger partial charge in [0.05, 0.1) is 18.7 Å². The van der Waals surface area contributed by atoms with E-state index in [9.17, 15) is 18.4 Å². The van der Waals surface area contributed by atoms with Gasteiger partial charge in [-0.2, -0.15) is 0 Å². The molecule has 1 aromatic carbocycles. The normalized spacial score (nSPS) is 19.4. The van der Waals surface area contributed by atoms with Crippen LogP contribution in [0.15, 0.2) is 64.3 Å². The van der Waals surface area contributed by atoms with Gasteiger partial charge in [0.25, 0.3) is 0 Å². The van der Waals surface area contributed by atoms with Gasteiger partial charge in [-0.15, -0.1) is 11.3 Å². The number of aromatic nitrogens is 1. The highest BCUT2D eigenvalue weighted by Gasteiger charge is 2.30. The van der Waals surface area contributed by atoms with E-state index in [1.807, 2.05) is 10.3 Å². The van der Waals surface area contributed by atoms with Crippen molar-refractivity contribution in [1.29, 1.82) is 0 Å². The van der Waals surface area contributed by atoms with Crippen molar-refractivity contribution in [2.24, 2.45) is 4.99 Å². The van der Waals surface area contributed by atoms with Crippen molar-refractivity contribution in [3.05, 3.63) is 75.1 Å². The number of aliphatic imine (C=N–C) groups is 1. The van der Waals surface area contributed by atoms with Gasteiger partial charge in [0.15, 0.2) is 10.8 Å². The summed E-state index contributed by atoms with van der Waals surface area (Å²) < 4.78 is 31.3. The van der Waals surface area contributed by atoms with Gasteiger partial charge in [0.2, 0.25) is 0 Å². The second kappa shape index (κ2) is 16.8. The van der Waals surface area contributed by atoms with E-state index < -0.39 is 12.1 Å². The third-order valence-electron chi connectivity index (χ3n) is 5.42. The number of nitrogens with one attached hydrogen (secondary N) is 1. The second-order valence-electron chi connectivity index (χ2n) is 7.94. The smallest absolute Gasteiger partial charge is 0.337 e. The van der Waals surface area contributed by atoms with Gasteiger partial charge in [0.1, 0.15) is 18.3 Å². The maximum atomic E-state index is 14.1. The molecule has 2 N–H and O–H groups in total. The third kappa shape index (κ3) is 9.71. The molecule has 0 amide bonds. The predicted molar refractivity (Wildman–Crippen MR) is 145 cm³/mol. The zero-order valence-electron chi connectivity index (χ0n) is 21.1. The number of halogens is 3. The molecule has 2 aromatic rings. The highest BCUT2D eigenvalue weighted by Crippen LogP contribution is 2.23. The lowest BCUT2D eigenvalue weighted by Crippen LogP contribution is -2.47. The number of aldehydes is 1. The second-order valence-corrected chi connectivity index (χ2v) is 9.27. The number of thiazole rings is 1. The minimum absolute atomic E-state index is 0.0721. The fourth-order valence-corrected chi connectivity index (χ4v) is 4.54. The molecule has 1 fully saturated rings. The maximum absolute atomic E-state index is 14.1. The predicted octanol–water partition coefficient (Wildman–Crippen LogP) is 3.96. The van der Waals surface area contributed by atoms with Crippen LogP contribution in [0.1, 0.15) is 24.8 Å². The molecule has 2 unspecified atom stereocenters. The van der Waals surface area contributed by atoms with Crippen LogP contribution in [0.25, 0.3) is 0 Å². The molecule has 4 rings (SSSR count). The van der Waals surface area contributed by atoms with E-state index in [2.05, 4.69) is 15.3 Å². The molecule has 2 aliphatic rings. The quantitative estimate of drug-likeness (QED) is 0.296. The van der Waals surface area contributed by atoms with Crippen LogP contribution < -0.4 is 5.32 Å². The molecule has 3 heterocycles. The van der Waals surface area contributed by atoms with Gasteiger partial charge in [-0.1, -0.05) is 23.7 Å². The molecular formula is C26H31ClF2N4O4S. The number of hydrogen-bond acceptors (Lipinski definition) is 9. The molecule has 0 bridgehead atoms. The summed E-state index contributed by atoms with van der Waals surface area (Å²) in [4.78, 5) is 33.7. The molecule has 12 heteroatoms. The Morgan fingerprint density at radius 3 is 2.76 bits per heavy atom. The van der Waals surface area contributed by atoms with Crippen LogP contribution in [0.3, 0.4) is 0 Å². The monoisotopic (exact) mass is 568 g/mol. The number of carbonyl (C=O) groups excluding carboxylic acids is 2. The number of amidine groups is 1. The summed E-state index contributed by atoms with van der Waals surface area (Å²) in [6.07, 6.45) is 5.75. The van der Waals surface area contributed by atoms with Gasteiger partial charge in [-0.25, -0.2) is 18.6 Å². The van der Waals surface area contributed by atoms with E-state index in [0.717, 1.165) is 18.4 Å². The number of carbonyl (C=O) groups is 2. The lowest BCUT2D eigenvalue weighted by Gasteiger charge is -2.37. The third-order valence-corrected chi connectivity index (χ3v) is 6.44. The van der Waals surface area contributed by atoms with Crippen LogP contribution in [0.5, 0.6) is 0 Å². The van der Waals surface area contributed by atoms with E-state index >= 15 is 0 Å². The molecule has 0 saturated carbocycles. The number of aliphatic hydroxyl groups is 1. The fourth-order valence-electron chi connectivity index (χ4n) is 3.77. The molecule has 1 aromatic heterocycles. The number of ether oxygens (including phenoxy) is 1. The average molecular weight is 569 g/mol. The molecule has 8 nitrogen and oxygen atoms in total. The summed E-state index contributed by atoms with van der Waals surface area (Å²) in [5.41, 5.74) is 1.07. The Balaban J connectivity index is 0.000000428. The molecule has 2 atom stereocenters. The number of benzene rings is 1. The van der Waals surface area contributed by atoms with Crippen LogP contribution >= 0.6 is 22.9 Å². The Kier molecular flexibility index (Phi) is 13.8. The Labute approximate surface area is 229 Å². The Morgan fingerprint density at radius 2 is 2.16 bits per heavy atom. The summed E-state index contributed by atoms with van der Waals surface area (Å²) in [6, 6.07) is 5.74. The van der Waals surface area contributed by atoms with Crippen LogP contribution in [0.2, 0.25) is 5.02 Å². The topological polar surface area (TPSA) is 104 Å². The van der Waals surface area contributed by atoms with Gasteiger partial charge in [-0.3, -0.25) is 14.7 Å². The number of esters is 1. The largest absolute Gasteiger partial charge is 0.463 e. The first-order valence-electron chi connectivity index (χ1n) is 11.9. The van der Waals surface area contributed by atoms with E-state index in [-0.39, 0.29) is 31.6 Å². The highest BCUT2D eigenvalue weighted by atomic mass is 35.5. The molecule has 2 aliphatic heterocycles. The first kappa shape index (κ1) is 31.2. The minimum Gasteiger partial charge on any atom is -0.463 e. The first-order valence-corrected chi connectivity index (χ1v) is 13.1. The summed E-state index contributed by atoms with van der Waals surface area (Å²) in [5, 5.41) is 13.2. The van der Waals surface area contributed by atoms with Crippen molar-refractivity contribution in [3.8, 4) is 0 Å². The Bertz CT molecular complexity index is 1110. The number of aliphatic hydroxyl groups excluding tert-OH is 1. The van der Waals surface area contributed by atoms with E-state index in [1.165, 1.54) is 29.5 Å². The number of nitrogens with zero attached hydrogens (tertiary/aromatic N) is 3. The van der Waals surface area contributed by atoms with E-state index in [0.29, 0.717) is 41.5 Å². The number of likely N-dealkylation sites (tertiary alicyclic amines) is 1. The standard InChI is InChI=1S/C19H23FN4O3S.C6H4ClF.CH4O/c1-2-27-19(26)15-10-22-17(18-21-7-9-28-18)23-16(15)12-24-11-13(20)5-6-14(24)4-3-8-25;7-5-2-1-3-6(8)4-5;1-2/h3-4,7-9,13-14H,2,5-6,10-12H2,1H3,(H,22,23);1-4H;2H,1H3/b4-3+;;. The Hall–Kier alpha value is -2.99. The molecule has 1 saturated heterocycles. The summed E-state index contributed by atoms with van der Waals surface area (Å²) in [5.74, 6) is -0.134. The molecule has 206 valence electrons. The molecule has 0 spiro atoms. The number of rotatable bonds is 7. The first-order chi connectivity index (χ1) is 18.4. The Morgan fingerprint density at radius 1 is 1.37 bits per heavy atom. The van der Waals surface area contributed by atoms with Crippen LogP contribution in [0, 0.1) is 5.82 Å². The number of allylic oxidation sites excluding steroid dienone is 1. The number of alkyl halides is 1.